The molecule has 2 aromatic carbocycles. The summed E-state index contributed by atoms with van der Waals surface area (Å²) in [6.07, 6.45) is 0. The Hall–Kier alpha value is -2.51. The maximum Gasteiger partial charge on any atom is 0.251 e. The number of hydrogen-bond donors (Lipinski definition) is 1. The Balaban J connectivity index is 1.26. The van der Waals surface area contributed by atoms with E-state index in [1.165, 1.54) is 17.4 Å². The highest BCUT2D eigenvalue weighted by molar-refractivity contribution is 7.22. The number of carbonyl (C=O) groups excluding carboxylic acids is 1. The van der Waals surface area contributed by atoms with Gasteiger partial charge in [-0.3, -0.25) is 9.69 Å². The number of fused-ring (bicyclic) bond motifs is 1. The number of amides is 1. The molecule has 0 atom stereocenters. The molecule has 4 rings (SSSR count). The summed E-state index contributed by atoms with van der Waals surface area (Å²) in [5, 5.41) is 3.88. The van der Waals surface area contributed by atoms with Gasteiger partial charge in [0.2, 0.25) is 0 Å². The Labute approximate surface area is 167 Å². The number of aryl methyl sites for hydroxylation is 1. The number of piperazine rings is 1. The molecule has 1 N–H and O–H groups in total. The zero-order chi connectivity index (χ0) is 19.5. The van der Waals surface area contributed by atoms with Crippen molar-refractivity contribution >= 4 is 32.6 Å². The third-order valence-corrected chi connectivity index (χ3v) is 6.08. The van der Waals surface area contributed by atoms with Gasteiger partial charge in [0.25, 0.3) is 5.91 Å². The minimum atomic E-state index is -0.261. The second kappa shape index (κ2) is 8.24. The van der Waals surface area contributed by atoms with Gasteiger partial charge in [0, 0.05) is 44.8 Å². The monoisotopic (exact) mass is 398 g/mol. The van der Waals surface area contributed by atoms with Crippen molar-refractivity contribution in [2.75, 3.05) is 44.2 Å². The van der Waals surface area contributed by atoms with E-state index >= 15 is 0 Å². The van der Waals surface area contributed by atoms with Crippen LogP contribution in [0.3, 0.4) is 0 Å². The van der Waals surface area contributed by atoms with Gasteiger partial charge in [0.05, 0.1) is 4.70 Å². The second-order valence-electron chi connectivity index (χ2n) is 7.04. The molecule has 2 heterocycles. The fourth-order valence-corrected chi connectivity index (χ4v) is 4.45. The molecule has 0 spiro atoms. The summed E-state index contributed by atoms with van der Waals surface area (Å²) in [7, 11) is 0. The molecule has 1 aliphatic rings. The molecule has 7 heteroatoms. The van der Waals surface area contributed by atoms with Gasteiger partial charge in [-0.2, -0.15) is 0 Å². The van der Waals surface area contributed by atoms with E-state index in [0.717, 1.165) is 48.1 Å². The SMILES string of the molecule is Cc1cccc(C(=O)NCCN2CCN(c3nc4c(F)cccc4s3)CC2)c1. The summed E-state index contributed by atoms with van der Waals surface area (Å²) in [5.41, 5.74) is 2.25. The lowest BCUT2D eigenvalue weighted by Crippen LogP contribution is -2.48. The summed E-state index contributed by atoms with van der Waals surface area (Å²) in [5.74, 6) is -0.290. The molecule has 5 nitrogen and oxygen atoms in total. The largest absolute Gasteiger partial charge is 0.351 e. The number of benzene rings is 2. The highest BCUT2D eigenvalue weighted by Gasteiger charge is 2.20. The summed E-state index contributed by atoms with van der Waals surface area (Å²) >= 11 is 1.54. The Morgan fingerprint density at radius 3 is 2.71 bits per heavy atom. The summed E-state index contributed by atoms with van der Waals surface area (Å²) < 4.78 is 14.7. The molecule has 0 bridgehead atoms. The van der Waals surface area contributed by atoms with Crippen LogP contribution in [-0.2, 0) is 0 Å². The van der Waals surface area contributed by atoms with E-state index in [2.05, 4.69) is 20.1 Å². The van der Waals surface area contributed by atoms with Crippen LogP contribution >= 0.6 is 11.3 Å². The van der Waals surface area contributed by atoms with Crippen molar-refractivity contribution in [1.29, 1.82) is 0 Å². The molecule has 1 fully saturated rings. The molecular weight excluding hydrogens is 375 g/mol. The number of para-hydroxylation sites is 1. The molecule has 3 aromatic rings. The van der Waals surface area contributed by atoms with Gasteiger partial charge in [0.15, 0.2) is 5.13 Å². The van der Waals surface area contributed by atoms with Gasteiger partial charge in [-0.25, -0.2) is 9.37 Å². The van der Waals surface area contributed by atoms with E-state index in [0.29, 0.717) is 17.6 Å². The van der Waals surface area contributed by atoms with Gasteiger partial charge < -0.3 is 10.2 Å². The average molecular weight is 399 g/mol. The molecule has 1 aromatic heterocycles. The van der Waals surface area contributed by atoms with Crippen LogP contribution in [0.4, 0.5) is 9.52 Å². The standard InChI is InChI=1S/C21H23FN4OS/c1-15-4-2-5-16(14-15)20(27)23-8-9-25-10-12-26(13-11-25)21-24-19-17(22)6-3-7-18(19)28-21/h2-7,14H,8-13H2,1H3,(H,23,27). The van der Waals surface area contributed by atoms with Crippen molar-refractivity contribution in [3.63, 3.8) is 0 Å². The quantitative estimate of drug-likeness (QED) is 0.717. The van der Waals surface area contributed by atoms with Gasteiger partial charge in [-0.15, -0.1) is 0 Å². The first-order valence-corrected chi connectivity index (χ1v) is 10.3. The molecule has 0 unspecified atom stereocenters. The lowest BCUT2D eigenvalue weighted by molar-refractivity contribution is 0.0947. The van der Waals surface area contributed by atoms with E-state index < -0.39 is 0 Å². The number of carbonyl (C=O) groups is 1. The third-order valence-electron chi connectivity index (χ3n) is 5.00. The molecular formula is C21H23FN4OS. The number of anilines is 1. The van der Waals surface area contributed by atoms with Crippen molar-refractivity contribution in [2.24, 2.45) is 0 Å². The van der Waals surface area contributed by atoms with Crippen LogP contribution in [0.1, 0.15) is 15.9 Å². The van der Waals surface area contributed by atoms with Crippen LogP contribution in [-0.4, -0.2) is 55.1 Å². The molecule has 1 saturated heterocycles. The van der Waals surface area contributed by atoms with Crippen LogP contribution in [0.2, 0.25) is 0 Å². The lowest BCUT2D eigenvalue weighted by Gasteiger charge is -2.34. The average Bonchev–Trinajstić information content (AvgIpc) is 3.14. The Morgan fingerprint density at radius 2 is 1.96 bits per heavy atom. The Morgan fingerprint density at radius 1 is 1.18 bits per heavy atom. The lowest BCUT2D eigenvalue weighted by atomic mass is 10.1. The van der Waals surface area contributed by atoms with Crippen LogP contribution in [0.5, 0.6) is 0 Å². The molecule has 0 radical (unpaired) electrons. The normalized spacial score (nSPS) is 15.1. The van der Waals surface area contributed by atoms with Gasteiger partial charge >= 0.3 is 0 Å². The highest BCUT2D eigenvalue weighted by Crippen LogP contribution is 2.30. The minimum Gasteiger partial charge on any atom is -0.351 e. The first kappa shape index (κ1) is 18.8. The van der Waals surface area contributed by atoms with Gasteiger partial charge in [-0.1, -0.05) is 35.1 Å². The summed E-state index contributed by atoms with van der Waals surface area (Å²) in [6, 6.07) is 12.7. The predicted molar refractivity (Wildman–Crippen MR) is 112 cm³/mol. The molecule has 0 saturated carbocycles. The number of rotatable bonds is 5. The fourth-order valence-electron chi connectivity index (χ4n) is 3.42. The van der Waals surface area contributed by atoms with Crippen molar-refractivity contribution < 1.29 is 9.18 Å². The van der Waals surface area contributed by atoms with E-state index in [-0.39, 0.29) is 11.7 Å². The molecule has 0 aliphatic carbocycles. The van der Waals surface area contributed by atoms with E-state index in [1.807, 2.05) is 37.3 Å². The predicted octanol–water partition coefficient (Wildman–Crippen LogP) is 3.30. The highest BCUT2D eigenvalue weighted by atomic mass is 32.1. The van der Waals surface area contributed by atoms with Crippen molar-refractivity contribution in [3.8, 4) is 0 Å². The van der Waals surface area contributed by atoms with E-state index in [9.17, 15) is 9.18 Å². The van der Waals surface area contributed by atoms with Crippen LogP contribution in [0.25, 0.3) is 10.2 Å². The fraction of sp³-hybridized carbons (Fsp3) is 0.333. The van der Waals surface area contributed by atoms with Crippen LogP contribution in [0.15, 0.2) is 42.5 Å². The number of aromatic nitrogens is 1. The second-order valence-corrected chi connectivity index (χ2v) is 8.05. The number of nitrogens with one attached hydrogen (secondary N) is 1. The Kier molecular flexibility index (Phi) is 5.54. The zero-order valence-corrected chi connectivity index (χ0v) is 16.6. The smallest absolute Gasteiger partial charge is 0.251 e. The van der Waals surface area contributed by atoms with Crippen LogP contribution < -0.4 is 10.2 Å². The van der Waals surface area contributed by atoms with Crippen molar-refractivity contribution in [2.45, 2.75) is 6.92 Å². The third kappa shape index (κ3) is 4.15. The van der Waals surface area contributed by atoms with Crippen molar-refractivity contribution in [1.82, 2.24) is 15.2 Å². The number of nitrogens with zero attached hydrogens (tertiary/aromatic N) is 3. The zero-order valence-electron chi connectivity index (χ0n) is 15.8. The van der Waals surface area contributed by atoms with Gasteiger partial charge in [-0.05, 0) is 31.2 Å². The first-order chi connectivity index (χ1) is 13.6. The number of thiazole rings is 1. The van der Waals surface area contributed by atoms with Crippen LogP contribution in [0, 0.1) is 12.7 Å². The minimum absolute atomic E-state index is 0.0289. The number of hydrogen-bond acceptors (Lipinski definition) is 5. The maximum atomic E-state index is 13.9. The van der Waals surface area contributed by atoms with Crippen molar-refractivity contribution in [3.05, 3.63) is 59.4 Å². The summed E-state index contributed by atoms with van der Waals surface area (Å²) in [6.45, 7) is 6.94. The topological polar surface area (TPSA) is 48.5 Å². The van der Waals surface area contributed by atoms with E-state index in [4.69, 9.17) is 0 Å². The van der Waals surface area contributed by atoms with E-state index in [1.54, 1.807) is 6.07 Å². The summed E-state index contributed by atoms with van der Waals surface area (Å²) in [4.78, 5) is 21.2. The van der Waals surface area contributed by atoms with Gasteiger partial charge in [0.1, 0.15) is 11.3 Å². The molecule has 1 aliphatic heterocycles. The first-order valence-electron chi connectivity index (χ1n) is 9.47. The molecule has 28 heavy (non-hydrogen) atoms. The molecule has 1 amide bonds. The molecule has 146 valence electrons. The number of halogens is 1. The Bertz CT molecular complexity index is 981. The maximum absolute atomic E-state index is 13.9.